The molecule has 1 aliphatic heterocycles. The predicted molar refractivity (Wildman–Crippen MR) is 53.5 cm³/mol. The molecule has 1 fully saturated rings. The molecule has 1 aliphatic rings. The van der Waals surface area contributed by atoms with Gasteiger partial charge in [0, 0.05) is 18.0 Å². The molecule has 0 N–H and O–H groups in total. The molecule has 14 heavy (non-hydrogen) atoms. The Morgan fingerprint density at radius 3 is 2.57 bits per heavy atom. The van der Waals surface area contributed by atoms with Gasteiger partial charge in [-0.3, -0.25) is 4.79 Å². The van der Waals surface area contributed by atoms with Gasteiger partial charge in [-0.2, -0.15) is 0 Å². The number of piperidine rings is 1. The number of amides is 1. The minimum atomic E-state index is -0.0544. The van der Waals surface area contributed by atoms with Crippen molar-refractivity contribution >= 4 is 5.91 Å². The maximum atomic E-state index is 11.5. The van der Waals surface area contributed by atoms with E-state index in [1.807, 2.05) is 0 Å². The fraction of sp³-hybridized carbons (Fsp3) is 0.889. The fourth-order valence-electron chi connectivity index (χ4n) is 2.06. The zero-order valence-electron chi connectivity index (χ0n) is 8.68. The molecule has 2 atom stereocenters. The van der Waals surface area contributed by atoms with Gasteiger partial charge in [-0.25, -0.2) is 0 Å². The zero-order chi connectivity index (χ0) is 10.6. The summed E-state index contributed by atoms with van der Waals surface area (Å²) in [5, 5.41) is 3.29. The lowest BCUT2D eigenvalue weighted by molar-refractivity contribution is -0.132. The van der Waals surface area contributed by atoms with Crippen molar-refractivity contribution < 1.29 is 4.79 Å². The predicted octanol–water partition coefficient (Wildman–Crippen LogP) is 1.80. The molecule has 5 heteroatoms. The number of hydrogen-bond acceptors (Lipinski definition) is 2. The van der Waals surface area contributed by atoms with Crippen LogP contribution >= 0.6 is 0 Å². The van der Waals surface area contributed by atoms with E-state index in [1.165, 1.54) is 6.42 Å². The lowest BCUT2D eigenvalue weighted by Gasteiger charge is -2.34. The second kappa shape index (κ2) is 4.86. The van der Waals surface area contributed by atoms with Crippen molar-refractivity contribution in [3.05, 3.63) is 10.4 Å². The summed E-state index contributed by atoms with van der Waals surface area (Å²) in [6, 6.07) is 0. The first-order chi connectivity index (χ1) is 6.63. The Kier molecular flexibility index (Phi) is 3.77. The number of nitrogens with zero attached hydrogens (tertiary/aromatic N) is 4. The molecule has 0 saturated carbocycles. The number of likely N-dealkylation sites (tertiary alicyclic amines) is 1. The van der Waals surface area contributed by atoms with Crippen LogP contribution in [0.4, 0.5) is 0 Å². The molecule has 0 aromatic heterocycles. The highest BCUT2D eigenvalue weighted by atomic mass is 16.2. The van der Waals surface area contributed by atoms with E-state index in [0.29, 0.717) is 11.8 Å². The molecule has 0 unspecified atom stereocenters. The molecule has 0 radical (unpaired) electrons. The van der Waals surface area contributed by atoms with E-state index in [4.69, 9.17) is 5.53 Å². The Labute approximate surface area is 83.7 Å². The van der Waals surface area contributed by atoms with Gasteiger partial charge in [0.15, 0.2) is 0 Å². The summed E-state index contributed by atoms with van der Waals surface area (Å²) in [6.45, 7) is 5.83. The summed E-state index contributed by atoms with van der Waals surface area (Å²) in [5.41, 5.74) is 8.11. The molecule has 1 saturated heterocycles. The van der Waals surface area contributed by atoms with Crippen LogP contribution in [0, 0.1) is 11.8 Å². The Morgan fingerprint density at radius 2 is 2.07 bits per heavy atom. The summed E-state index contributed by atoms with van der Waals surface area (Å²) >= 11 is 0. The highest BCUT2D eigenvalue weighted by Gasteiger charge is 2.24. The smallest absolute Gasteiger partial charge is 0.228 e. The van der Waals surface area contributed by atoms with E-state index in [2.05, 4.69) is 23.9 Å². The molecule has 0 aromatic carbocycles. The first-order valence-corrected chi connectivity index (χ1v) is 4.92. The molecule has 5 nitrogen and oxygen atoms in total. The summed E-state index contributed by atoms with van der Waals surface area (Å²) in [6.07, 6.45) is 1.17. The van der Waals surface area contributed by atoms with Gasteiger partial charge >= 0.3 is 0 Å². The van der Waals surface area contributed by atoms with Gasteiger partial charge in [-0.05, 0) is 23.8 Å². The SMILES string of the molecule is C[C@H]1C[C@H](C)CN(C(=O)CN=[N+]=[N-])C1. The monoisotopic (exact) mass is 196 g/mol. The van der Waals surface area contributed by atoms with E-state index in [-0.39, 0.29) is 12.5 Å². The largest absolute Gasteiger partial charge is 0.342 e. The van der Waals surface area contributed by atoms with Gasteiger partial charge in [-0.15, -0.1) is 0 Å². The van der Waals surface area contributed by atoms with Crippen molar-refractivity contribution in [2.75, 3.05) is 19.6 Å². The maximum absolute atomic E-state index is 11.5. The quantitative estimate of drug-likeness (QED) is 0.377. The molecular weight excluding hydrogens is 180 g/mol. The van der Waals surface area contributed by atoms with Crippen molar-refractivity contribution in [3.63, 3.8) is 0 Å². The molecule has 0 aromatic rings. The second-order valence-corrected chi connectivity index (χ2v) is 4.13. The van der Waals surface area contributed by atoms with Crippen LogP contribution in [0.25, 0.3) is 10.4 Å². The molecule has 1 heterocycles. The van der Waals surface area contributed by atoms with Crippen molar-refractivity contribution in [2.24, 2.45) is 17.0 Å². The number of hydrogen-bond donors (Lipinski definition) is 0. The first-order valence-electron chi connectivity index (χ1n) is 4.92. The van der Waals surface area contributed by atoms with E-state index in [0.717, 1.165) is 13.1 Å². The molecule has 78 valence electrons. The van der Waals surface area contributed by atoms with Crippen molar-refractivity contribution in [1.29, 1.82) is 0 Å². The van der Waals surface area contributed by atoms with Gasteiger partial charge in [0.2, 0.25) is 5.91 Å². The van der Waals surface area contributed by atoms with Crippen molar-refractivity contribution in [2.45, 2.75) is 20.3 Å². The van der Waals surface area contributed by atoms with Crippen LogP contribution in [0.15, 0.2) is 5.11 Å². The Bertz CT molecular complexity index is 250. The summed E-state index contributed by atoms with van der Waals surface area (Å²) in [4.78, 5) is 15.9. The van der Waals surface area contributed by atoms with Crippen LogP contribution < -0.4 is 0 Å². The van der Waals surface area contributed by atoms with Gasteiger partial charge in [0.1, 0.15) is 6.54 Å². The summed E-state index contributed by atoms with van der Waals surface area (Å²) in [7, 11) is 0. The van der Waals surface area contributed by atoms with Crippen molar-refractivity contribution in [1.82, 2.24) is 4.90 Å². The molecule has 0 aliphatic carbocycles. The van der Waals surface area contributed by atoms with Crippen LogP contribution in [-0.2, 0) is 4.79 Å². The number of rotatable bonds is 2. The zero-order valence-corrected chi connectivity index (χ0v) is 8.68. The minimum Gasteiger partial charge on any atom is -0.342 e. The fourth-order valence-corrected chi connectivity index (χ4v) is 2.06. The first kappa shape index (κ1) is 10.9. The molecule has 0 bridgehead atoms. The molecule has 1 amide bonds. The van der Waals surface area contributed by atoms with Gasteiger partial charge in [0.25, 0.3) is 0 Å². The van der Waals surface area contributed by atoms with Crippen LogP contribution in [0.5, 0.6) is 0 Å². The van der Waals surface area contributed by atoms with Gasteiger partial charge < -0.3 is 4.90 Å². The van der Waals surface area contributed by atoms with Gasteiger partial charge in [0.05, 0.1) is 0 Å². The number of carbonyl (C=O) groups is 1. The lowest BCUT2D eigenvalue weighted by atomic mass is 9.92. The van der Waals surface area contributed by atoms with Crippen molar-refractivity contribution in [3.8, 4) is 0 Å². The van der Waals surface area contributed by atoms with Gasteiger partial charge in [-0.1, -0.05) is 19.0 Å². The topological polar surface area (TPSA) is 69.1 Å². The molecule has 1 rings (SSSR count). The average molecular weight is 196 g/mol. The molecule has 0 spiro atoms. The number of azide groups is 1. The Morgan fingerprint density at radius 1 is 1.50 bits per heavy atom. The number of carbonyl (C=O) groups excluding carboxylic acids is 1. The van der Waals surface area contributed by atoms with E-state index >= 15 is 0 Å². The lowest BCUT2D eigenvalue weighted by Crippen LogP contribution is -2.43. The highest BCUT2D eigenvalue weighted by molar-refractivity contribution is 5.78. The van der Waals surface area contributed by atoms with Crippen LogP contribution in [0.2, 0.25) is 0 Å². The molecular formula is C9H16N4O. The third-order valence-corrected chi connectivity index (χ3v) is 2.49. The minimum absolute atomic E-state index is 0.0457. The summed E-state index contributed by atoms with van der Waals surface area (Å²) in [5.74, 6) is 1.05. The average Bonchev–Trinajstić information content (AvgIpc) is 2.12. The Hall–Kier alpha value is -1.22. The second-order valence-electron chi connectivity index (χ2n) is 4.13. The van der Waals surface area contributed by atoms with Crippen LogP contribution in [0.1, 0.15) is 20.3 Å². The standard InChI is InChI=1S/C9H16N4O/c1-7-3-8(2)6-13(5-7)9(14)4-11-12-10/h7-8H,3-6H2,1-2H3/t7-,8-/m0/s1. The van der Waals surface area contributed by atoms with E-state index in [9.17, 15) is 4.79 Å². The Balaban J connectivity index is 2.50. The van der Waals surface area contributed by atoms with E-state index < -0.39 is 0 Å². The van der Waals surface area contributed by atoms with E-state index in [1.54, 1.807) is 4.90 Å². The highest BCUT2D eigenvalue weighted by Crippen LogP contribution is 2.20. The maximum Gasteiger partial charge on any atom is 0.228 e. The summed E-state index contributed by atoms with van der Waals surface area (Å²) < 4.78 is 0. The third-order valence-electron chi connectivity index (χ3n) is 2.49. The van der Waals surface area contributed by atoms with Crippen LogP contribution in [-0.4, -0.2) is 30.4 Å². The normalized spacial score (nSPS) is 26.9. The third kappa shape index (κ3) is 2.92. The van der Waals surface area contributed by atoms with Crippen LogP contribution in [0.3, 0.4) is 0 Å².